The van der Waals surface area contributed by atoms with Gasteiger partial charge in [-0.3, -0.25) is 9.59 Å². The molecule has 2 amide bonds. The molecule has 0 aromatic heterocycles. The average molecular weight is 751 g/mol. The molecule has 54 heavy (non-hydrogen) atoms. The van der Waals surface area contributed by atoms with Crippen molar-refractivity contribution in [1.82, 2.24) is 10.6 Å². The Morgan fingerprint density at radius 3 is 1.63 bits per heavy atom. The Hall–Kier alpha value is -4.86. The van der Waals surface area contributed by atoms with Gasteiger partial charge in [0.05, 0.1) is 32.5 Å². The molecule has 0 unspecified atom stereocenters. The van der Waals surface area contributed by atoms with Gasteiger partial charge in [-0.25, -0.2) is 9.59 Å². The Morgan fingerprint density at radius 2 is 1.17 bits per heavy atom. The van der Waals surface area contributed by atoms with Crippen molar-refractivity contribution in [2.24, 2.45) is 0 Å². The molecular weight excluding hydrogens is 700 g/mol. The lowest BCUT2D eigenvalue weighted by molar-refractivity contribution is -0.320. The van der Waals surface area contributed by atoms with Crippen LogP contribution >= 0.6 is 0 Å². The van der Waals surface area contributed by atoms with E-state index in [1.807, 2.05) is 91.0 Å². The van der Waals surface area contributed by atoms with E-state index < -0.39 is 85.4 Å². The van der Waals surface area contributed by atoms with Crippen molar-refractivity contribution in [2.45, 2.75) is 109 Å². The molecular formula is C40H50N2O12. The molecule has 292 valence electrons. The van der Waals surface area contributed by atoms with Gasteiger partial charge in [-0.1, -0.05) is 91.0 Å². The topological polar surface area (TPSA) is 188 Å². The number of carbonyl (C=O) groups is 4. The summed E-state index contributed by atoms with van der Waals surface area (Å²) in [6.45, 7) is 6.83. The lowest BCUT2D eigenvalue weighted by atomic mass is 9.98. The molecule has 4 rings (SSSR count). The Balaban J connectivity index is 1.62. The molecule has 1 aliphatic rings. The quantitative estimate of drug-likeness (QED) is 0.131. The summed E-state index contributed by atoms with van der Waals surface area (Å²) in [5.41, 5.74) is 1.79. The maximum atomic E-state index is 13.5. The second kappa shape index (κ2) is 20.6. The van der Waals surface area contributed by atoms with E-state index in [4.69, 9.17) is 33.5 Å². The summed E-state index contributed by atoms with van der Waals surface area (Å²) in [5, 5.41) is 23.6. The first-order chi connectivity index (χ1) is 25.8. The van der Waals surface area contributed by atoms with Crippen molar-refractivity contribution >= 4 is 23.9 Å². The number of hydrogen-bond donors (Lipinski definition) is 4. The predicted molar refractivity (Wildman–Crippen MR) is 195 cm³/mol. The number of carboxylic acids is 2. The maximum Gasteiger partial charge on any atom is 0.408 e. The fraction of sp³-hybridized carbons (Fsp3) is 0.450. The Bertz CT molecular complexity index is 1620. The van der Waals surface area contributed by atoms with Crippen LogP contribution in [0.25, 0.3) is 0 Å². The number of benzene rings is 3. The van der Waals surface area contributed by atoms with Crippen LogP contribution < -0.4 is 10.6 Å². The lowest BCUT2D eigenvalue weighted by Crippen LogP contribution is -2.61. The van der Waals surface area contributed by atoms with Crippen molar-refractivity contribution in [3.8, 4) is 0 Å². The summed E-state index contributed by atoms with van der Waals surface area (Å²) in [6, 6.07) is 25.6. The molecule has 1 fully saturated rings. The largest absolute Gasteiger partial charge is 0.481 e. The van der Waals surface area contributed by atoms with Crippen LogP contribution in [0.5, 0.6) is 0 Å². The highest BCUT2D eigenvalue weighted by Crippen LogP contribution is 2.31. The fourth-order valence-electron chi connectivity index (χ4n) is 5.62. The van der Waals surface area contributed by atoms with E-state index >= 15 is 0 Å². The van der Waals surface area contributed by atoms with Crippen LogP contribution in [0.15, 0.2) is 91.0 Å². The van der Waals surface area contributed by atoms with Gasteiger partial charge < -0.3 is 49.3 Å². The van der Waals surface area contributed by atoms with Crippen molar-refractivity contribution in [2.75, 3.05) is 6.61 Å². The number of carbonyl (C=O) groups excluding carboxylic acids is 2. The molecule has 0 saturated carbocycles. The smallest absolute Gasteiger partial charge is 0.408 e. The molecule has 1 saturated heterocycles. The SMILES string of the molecule is C[C@@H]1O[C@@H](OC[C@@H](NC(=O)OC(C)(C)C)C(=O)N[C@H](CCC(=O)O)C(=O)O)[C@@H](OCc2ccccc2)[C@H](OCc2ccccc2)[C@@H]1OCc1ccccc1. The monoisotopic (exact) mass is 750 g/mol. The number of rotatable bonds is 19. The fourth-order valence-corrected chi connectivity index (χ4v) is 5.62. The first kappa shape index (κ1) is 41.9. The van der Waals surface area contributed by atoms with E-state index in [1.54, 1.807) is 27.7 Å². The zero-order valence-electron chi connectivity index (χ0n) is 30.9. The molecule has 1 heterocycles. The highest BCUT2D eigenvalue weighted by Gasteiger charge is 2.48. The van der Waals surface area contributed by atoms with Crippen LogP contribution in [0.4, 0.5) is 4.79 Å². The predicted octanol–water partition coefficient (Wildman–Crippen LogP) is 4.83. The van der Waals surface area contributed by atoms with Crippen molar-refractivity contribution in [1.29, 1.82) is 0 Å². The number of aliphatic carboxylic acids is 2. The Labute approximate surface area is 315 Å². The van der Waals surface area contributed by atoms with Crippen LogP contribution in [0, 0.1) is 0 Å². The van der Waals surface area contributed by atoms with E-state index in [9.17, 15) is 24.3 Å². The van der Waals surface area contributed by atoms with Crippen molar-refractivity contribution in [3.63, 3.8) is 0 Å². The summed E-state index contributed by atoms with van der Waals surface area (Å²) >= 11 is 0. The maximum absolute atomic E-state index is 13.5. The third kappa shape index (κ3) is 13.8. The first-order valence-corrected chi connectivity index (χ1v) is 17.8. The number of nitrogens with one attached hydrogen (secondary N) is 2. The lowest BCUT2D eigenvalue weighted by Gasteiger charge is -2.45. The third-order valence-electron chi connectivity index (χ3n) is 8.28. The summed E-state index contributed by atoms with van der Waals surface area (Å²) in [5.74, 6) is -3.62. The van der Waals surface area contributed by atoms with Crippen LogP contribution in [0.2, 0.25) is 0 Å². The zero-order valence-corrected chi connectivity index (χ0v) is 30.9. The van der Waals surface area contributed by atoms with Gasteiger partial charge in [-0.05, 0) is 50.8 Å². The first-order valence-electron chi connectivity index (χ1n) is 17.8. The second-order valence-corrected chi connectivity index (χ2v) is 13.9. The van der Waals surface area contributed by atoms with Gasteiger partial charge >= 0.3 is 18.0 Å². The molecule has 3 aromatic carbocycles. The molecule has 0 radical (unpaired) electrons. The van der Waals surface area contributed by atoms with Crippen LogP contribution in [0.3, 0.4) is 0 Å². The highest BCUT2D eigenvalue weighted by molar-refractivity contribution is 5.89. The summed E-state index contributed by atoms with van der Waals surface area (Å²) in [6.07, 6.45) is -5.97. The van der Waals surface area contributed by atoms with E-state index in [0.717, 1.165) is 16.7 Å². The standard InChI is InChI=1S/C40H50N2O12/c1-26-33(49-22-27-14-8-5-9-15-27)34(50-23-28-16-10-6-11-17-28)35(51-24-29-18-12-7-13-19-29)38(53-26)52-25-31(42-39(48)54-40(2,3)4)36(45)41-30(37(46)47)20-21-32(43)44/h5-19,26,30-31,33-35,38H,20-25H2,1-4H3,(H,41,45)(H,42,48)(H,43,44)(H,46,47)/t26-,30+,31+,33+,34+,35-,38+/m0/s1. The minimum Gasteiger partial charge on any atom is -0.481 e. The van der Waals surface area contributed by atoms with Gasteiger partial charge in [0.15, 0.2) is 6.29 Å². The summed E-state index contributed by atoms with van der Waals surface area (Å²) in [4.78, 5) is 49.5. The molecule has 7 atom stereocenters. The van der Waals surface area contributed by atoms with Gasteiger partial charge in [0, 0.05) is 6.42 Å². The molecule has 0 aliphatic carbocycles. The van der Waals surface area contributed by atoms with Gasteiger partial charge in [0.25, 0.3) is 0 Å². The number of carboxylic acid groups (broad SMARTS) is 2. The highest BCUT2D eigenvalue weighted by atomic mass is 16.7. The summed E-state index contributed by atoms with van der Waals surface area (Å²) < 4.78 is 37.5. The van der Waals surface area contributed by atoms with Gasteiger partial charge in [0.1, 0.15) is 36.0 Å². The van der Waals surface area contributed by atoms with Crippen molar-refractivity contribution < 1.29 is 57.8 Å². The molecule has 3 aromatic rings. The Morgan fingerprint density at radius 1 is 0.685 bits per heavy atom. The van der Waals surface area contributed by atoms with Crippen LogP contribution in [-0.4, -0.2) is 89.1 Å². The number of amides is 2. The third-order valence-corrected chi connectivity index (χ3v) is 8.28. The second-order valence-electron chi connectivity index (χ2n) is 13.9. The number of hydrogen-bond acceptors (Lipinski definition) is 10. The van der Waals surface area contributed by atoms with Gasteiger partial charge in [-0.15, -0.1) is 0 Å². The number of ether oxygens (including phenoxy) is 6. The van der Waals surface area contributed by atoms with Crippen LogP contribution in [0.1, 0.15) is 57.2 Å². The normalized spacial score (nSPS) is 21.0. The molecule has 14 nitrogen and oxygen atoms in total. The average Bonchev–Trinajstić information content (AvgIpc) is 3.13. The molecule has 0 bridgehead atoms. The van der Waals surface area contributed by atoms with E-state index in [2.05, 4.69) is 10.6 Å². The van der Waals surface area contributed by atoms with Gasteiger partial charge in [-0.2, -0.15) is 0 Å². The molecule has 1 aliphatic heterocycles. The molecule has 4 N–H and O–H groups in total. The van der Waals surface area contributed by atoms with E-state index in [1.165, 1.54) is 0 Å². The van der Waals surface area contributed by atoms with Crippen LogP contribution in [-0.2, 0) is 62.6 Å². The minimum atomic E-state index is -1.55. The van der Waals surface area contributed by atoms with Gasteiger partial charge in [0.2, 0.25) is 5.91 Å². The Kier molecular flexibility index (Phi) is 15.9. The minimum absolute atomic E-state index is 0.143. The van der Waals surface area contributed by atoms with Crippen molar-refractivity contribution in [3.05, 3.63) is 108 Å². The number of alkyl carbamates (subject to hydrolysis) is 1. The summed E-state index contributed by atoms with van der Waals surface area (Å²) in [7, 11) is 0. The zero-order chi connectivity index (χ0) is 39.1. The molecule has 0 spiro atoms. The van der Waals surface area contributed by atoms with E-state index in [-0.39, 0.29) is 26.2 Å². The van der Waals surface area contributed by atoms with E-state index in [0.29, 0.717) is 0 Å². The molecule has 14 heteroatoms.